The normalized spacial score (nSPS) is 13.1. The van der Waals surface area contributed by atoms with Crippen LogP contribution in [0, 0.1) is 0 Å². The molecule has 0 bridgehead atoms. The Balaban J connectivity index is 2.99. The Hall–Kier alpha value is -1.10. The molecule has 5 heteroatoms. The van der Waals surface area contributed by atoms with Crippen molar-refractivity contribution in [1.29, 1.82) is 0 Å². The molecule has 1 rings (SSSR count). The molecule has 0 aliphatic heterocycles. The van der Waals surface area contributed by atoms with Crippen LogP contribution in [-0.4, -0.2) is 16.5 Å². The molecule has 1 atom stereocenters. The van der Waals surface area contributed by atoms with Crippen LogP contribution in [0.3, 0.4) is 0 Å². The fourth-order valence-electron chi connectivity index (χ4n) is 1.44. The average Bonchev–Trinajstić information content (AvgIpc) is 2.35. The lowest BCUT2D eigenvalue weighted by Gasteiger charge is -2.12. The molecule has 1 N–H and O–H groups in total. The van der Waals surface area contributed by atoms with Gasteiger partial charge in [-0.25, -0.2) is 18.7 Å². The minimum absolute atomic E-state index is 0.112. The van der Waals surface area contributed by atoms with Crippen LogP contribution in [0.4, 0.5) is 8.78 Å². The first-order valence-corrected chi connectivity index (χ1v) is 5.94. The van der Waals surface area contributed by atoms with E-state index >= 15 is 0 Å². The molecule has 0 radical (unpaired) electrons. The fraction of sp³-hybridized carbons (Fsp3) is 0.667. The lowest BCUT2D eigenvalue weighted by atomic mass is 10.1. The molecule has 17 heavy (non-hydrogen) atoms. The van der Waals surface area contributed by atoms with Crippen molar-refractivity contribution < 1.29 is 8.78 Å². The second-order valence-corrected chi connectivity index (χ2v) is 4.03. The number of nitrogens with zero attached hydrogens (tertiary/aromatic N) is 2. The smallest absolute Gasteiger partial charge is 0.280 e. The lowest BCUT2D eigenvalue weighted by molar-refractivity contribution is 0.144. The molecule has 0 saturated heterocycles. The molecule has 0 aliphatic carbocycles. The van der Waals surface area contributed by atoms with Crippen molar-refractivity contribution in [2.24, 2.45) is 0 Å². The molecular formula is C12H19F2N3. The molecule has 0 amide bonds. The predicted molar refractivity (Wildman–Crippen MR) is 63.1 cm³/mol. The van der Waals surface area contributed by atoms with Gasteiger partial charge in [0.05, 0.1) is 0 Å². The molecule has 0 fully saturated rings. The van der Waals surface area contributed by atoms with Gasteiger partial charge in [0.2, 0.25) is 0 Å². The minimum Gasteiger partial charge on any atom is -0.313 e. The summed E-state index contributed by atoms with van der Waals surface area (Å²) >= 11 is 0. The van der Waals surface area contributed by atoms with Gasteiger partial charge >= 0.3 is 0 Å². The molecule has 1 aromatic heterocycles. The Bertz CT molecular complexity index is 356. The summed E-state index contributed by atoms with van der Waals surface area (Å²) in [4.78, 5) is 8.16. The molecule has 96 valence electrons. The molecule has 1 aromatic rings. The van der Waals surface area contributed by atoms with E-state index in [1.807, 2.05) is 20.8 Å². The zero-order chi connectivity index (χ0) is 12.8. The van der Waals surface area contributed by atoms with Gasteiger partial charge in [0, 0.05) is 24.2 Å². The van der Waals surface area contributed by atoms with Crippen LogP contribution in [0.25, 0.3) is 0 Å². The quantitative estimate of drug-likeness (QED) is 0.834. The van der Waals surface area contributed by atoms with E-state index in [1.165, 1.54) is 6.20 Å². The van der Waals surface area contributed by atoms with Crippen LogP contribution in [0.15, 0.2) is 6.20 Å². The highest BCUT2D eigenvalue weighted by Gasteiger charge is 2.17. The largest absolute Gasteiger partial charge is 0.313 e. The first kappa shape index (κ1) is 14.0. The van der Waals surface area contributed by atoms with E-state index in [1.54, 1.807) is 0 Å². The fourth-order valence-corrected chi connectivity index (χ4v) is 1.44. The Morgan fingerprint density at radius 1 is 1.35 bits per heavy atom. The summed E-state index contributed by atoms with van der Waals surface area (Å²) in [6, 6.07) is 0. The third kappa shape index (κ3) is 3.70. The lowest BCUT2D eigenvalue weighted by Crippen LogP contribution is -2.16. The number of aromatic nitrogens is 2. The molecule has 1 unspecified atom stereocenters. The Morgan fingerprint density at radius 2 is 2.06 bits per heavy atom. The van der Waals surface area contributed by atoms with Gasteiger partial charge in [-0.3, -0.25) is 0 Å². The van der Waals surface area contributed by atoms with Gasteiger partial charge in [0.15, 0.2) is 0 Å². The van der Waals surface area contributed by atoms with E-state index in [4.69, 9.17) is 0 Å². The summed E-state index contributed by atoms with van der Waals surface area (Å²) in [5.41, 5.74) is 0.338. The Kier molecular flexibility index (Phi) is 5.41. The number of rotatable bonds is 6. The summed E-state index contributed by atoms with van der Waals surface area (Å²) < 4.78 is 25.8. The van der Waals surface area contributed by atoms with E-state index in [-0.39, 0.29) is 11.6 Å². The highest BCUT2D eigenvalue weighted by atomic mass is 19.3. The topological polar surface area (TPSA) is 37.8 Å². The van der Waals surface area contributed by atoms with Gasteiger partial charge in [0.1, 0.15) is 11.5 Å². The van der Waals surface area contributed by atoms with Gasteiger partial charge in [-0.2, -0.15) is 0 Å². The Labute approximate surface area is 101 Å². The molecule has 0 aromatic carbocycles. The summed E-state index contributed by atoms with van der Waals surface area (Å²) in [5, 5.41) is 3.01. The molecule has 3 nitrogen and oxygen atoms in total. The van der Waals surface area contributed by atoms with Crippen molar-refractivity contribution in [2.45, 2.75) is 46.1 Å². The summed E-state index contributed by atoms with van der Waals surface area (Å²) in [6.45, 7) is 6.97. The second kappa shape index (κ2) is 6.59. The monoisotopic (exact) mass is 243 g/mol. The molecule has 1 heterocycles. The zero-order valence-corrected chi connectivity index (χ0v) is 10.5. The highest BCUT2D eigenvalue weighted by Crippen LogP contribution is 2.23. The molecule has 0 aliphatic rings. The van der Waals surface area contributed by atoms with Gasteiger partial charge < -0.3 is 5.32 Å². The molecular weight excluding hydrogens is 224 g/mol. The van der Waals surface area contributed by atoms with Crippen molar-refractivity contribution in [3.8, 4) is 0 Å². The number of hydrogen-bond donors (Lipinski definition) is 1. The van der Waals surface area contributed by atoms with Crippen molar-refractivity contribution in [2.75, 3.05) is 6.54 Å². The Morgan fingerprint density at radius 3 is 2.59 bits per heavy atom. The summed E-state index contributed by atoms with van der Waals surface area (Å²) in [7, 11) is 0. The van der Waals surface area contributed by atoms with Crippen LogP contribution >= 0.6 is 0 Å². The number of hydrogen-bond acceptors (Lipinski definition) is 3. The maximum atomic E-state index is 12.9. The van der Waals surface area contributed by atoms with Gasteiger partial charge in [-0.05, 0) is 13.0 Å². The molecule has 0 spiro atoms. The highest BCUT2D eigenvalue weighted by molar-refractivity contribution is 5.19. The third-order valence-electron chi connectivity index (χ3n) is 2.74. The van der Waals surface area contributed by atoms with Crippen LogP contribution in [0.5, 0.6) is 0 Å². The van der Waals surface area contributed by atoms with E-state index < -0.39 is 6.43 Å². The second-order valence-electron chi connectivity index (χ2n) is 4.03. The van der Waals surface area contributed by atoms with Crippen molar-refractivity contribution in [1.82, 2.24) is 15.3 Å². The van der Waals surface area contributed by atoms with Gasteiger partial charge in [0.25, 0.3) is 6.43 Å². The van der Waals surface area contributed by atoms with Crippen LogP contribution in [-0.2, 0) is 6.54 Å². The summed E-state index contributed by atoms with van der Waals surface area (Å²) in [5.74, 6) is 0.615. The first-order valence-electron chi connectivity index (χ1n) is 5.94. The molecule has 0 saturated carbocycles. The SMILES string of the molecule is CCNCc1cnc(C(C)CC)nc1C(F)F. The van der Waals surface area contributed by atoms with Crippen molar-refractivity contribution in [3.05, 3.63) is 23.3 Å². The van der Waals surface area contributed by atoms with E-state index in [9.17, 15) is 8.78 Å². The van der Waals surface area contributed by atoms with Crippen LogP contribution < -0.4 is 5.32 Å². The van der Waals surface area contributed by atoms with E-state index in [2.05, 4.69) is 15.3 Å². The average molecular weight is 243 g/mol. The van der Waals surface area contributed by atoms with Gasteiger partial charge in [-0.1, -0.05) is 20.8 Å². The minimum atomic E-state index is -2.55. The van der Waals surface area contributed by atoms with E-state index in [0.717, 1.165) is 13.0 Å². The van der Waals surface area contributed by atoms with Crippen molar-refractivity contribution >= 4 is 0 Å². The van der Waals surface area contributed by atoms with Gasteiger partial charge in [-0.15, -0.1) is 0 Å². The maximum Gasteiger partial charge on any atom is 0.280 e. The first-order chi connectivity index (χ1) is 8.10. The standard InChI is InChI=1S/C12H19F2N3/c1-4-8(3)12-16-7-9(6-15-5-2)10(17-12)11(13)14/h7-8,11,15H,4-6H2,1-3H3. The van der Waals surface area contributed by atoms with Crippen molar-refractivity contribution in [3.63, 3.8) is 0 Å². The van der Waals surface area contributed by atoms with Crippen LogP contribution in [0.2, 0.25) is 0 Å². The number of nitrogens with one attached hydrogen (secondary N) is 1. The third-order valence-corrected chi connectivity index (χ3v) is 2.74. The van der Waals surface area contributed by atoms with E-state index in [0.29, 0.717) is 17.9 Å². The summed E-state index contributed by atoms with van der Waals surface area (Å²) in [6.07, 6.45) is -0.192. The predicted octanol–water partition coefficient (Wildman–Crippen LogP) is 3.04. The maximum absolute atomic E-state index is 12.9. The number of halogens is 2. The number of alkyl halides is 2. The van der Waals surface area contributed by atoms with Crippen LogP contribution in [0.1, 0.15) is 56.6 Å². The zero-order valence-electron chi connectivity index (χ0n) is 10.5.